The maximum atomic E-state index is 12.9. The number of benzene rings is 2. The van der Waals surface area contributed by atoms with Gasteiger partial charge in [-0.25, -0.2) is 4.68 Å². The van der Waals surface area contributed by atoms with E-state index in [9.17, 15) is 14.9 Å². The van der Waals surface area contributed by atoms with E-state index in [2.05, 4.69) is 10.4 Å². The molecule has 0 spiro atoms. The summed E-state index contributed by atoms with van der Waals surface area (Å²) in [6, 6.07) is 12.4. The molecule has 4 rings (SSSR count). The van der Waals surface area contributed by atoms with E-state index in [4.69, 9.17) is 0 Å². The van der Waals surface area contributed by atoms with Crippen LogP contribution in [0.3, 0.4) is 0 Å². The third kappa shape index (κ3) is 3.27. The first kappa shape index (κ1) is 18.2. The molecule has 0 saturated heterocycles. The van der Waals surface area contributed by atoms with Gasteiger partial charge >= 0.3 is 0 Å². The number of anilines is 1. The first-order valence-electron chi connectivity index (χ1n) is 8.76. The molecule has 1 aliphatic heterocycles. The maximum absolute atomic E-state index is 12.9. The van der Waals surface area contributed by atoms with Gasteiger partial charge in [0.2, 0.25) is 0 Å². The Morgan fingerprint density at radius 1 is 1.21 bits per heavy atom. The van der Waals surface area contributed by atoms with E-state index in [1.54, 1.807) is 35.5 Å². The highest BCUT2D eigenvalue weighted by Crippen LogP contribution is 2.36. The van der Waals surface area contributed by atoms with Crippen LogP contribution in [0.5, 0.6) is 0 Å². The molecule has 1 amide bonds. The minimum atomic E-state index is -0.475. The second kappa shape index (κ2) is 7.12. The molecule has 1 aliphatic rings. The first-order valence-corrected chi connectivity index (χ1v) is 9.91. The van der Waals surface area contributed by atoms with Gasteiger partial charge in [0.05, 0.1) is 16.3 Å². The Bertz CT molecular complexity index is 1110. The van der Waals surface area contributed by atoms with Gasteiger partial charge in [0.15, 0.2) is 0 Å². The molecule has 0 atom stereocenters. The average molecular weight is 394 g/mol. The molecule has 142 valence electrons. The number of aryl methyl sites for hydroxylation is 2. The summed E-state index contributed by atoms with van der Waals surface area (Å²) in [7, 11) is 0. The number of nitro groups is 1. The SMILES string of the molecule is Cc1cccc(-n2nc3c(c2NC(=O)c2ccc(C)c([N+](=O)[O-])c2)CSC3)c1. The number of rotatable bonds is 4. The Morgan fingerprint density at radius 3 is 2.79 bits per heavy atom. The van der Waals surface area contributed by atoms with Crippen LogP contribution in [0.25, 0.3) is 5.69 Å². The summed E-state index contributed by atoms with van der Waals surface area (Å²) in [5.41, 5.74) is 4.61. The van der Waals surface area contributed by atoms with E-state index < -0.39 is 10.8 Å². The molecule has 3 aromatic rings. The number of nitro benzene ring substituents is 1. The Morgan fingerprint density at radius 2 is 2.04 bits per heavy atom. The van der Waals surface area contributed by atoms with Gasteiger partial charge in [-0.15, -0.1) is 0 Å². The van der Waals surface area contributed by atoms with Crippen LogP contribution in [0.1, 0.15) is 32.7 Å². The number of amides is 1. The fourth-order valence-electron chi connectivity index (χ4n) is 3.21. The molecule has 0 fully saturated rings. The fourth-order valence-corrected chi connectivity index (χ4v) is 4.25. The number of hydrogen-bond acceptors (Lipinski definition) is 5. The maximum Gasteiger partial charge on any atom is 0.273 e. The van der Waals surface area contributed by atoms with Gasteiger partial charge in [-0.3, -0.25) is 14.9 Å². The number of carbonyl (C=O) groups excluding carboxylic acids is 1. The van der Waals surface area contributed by atoms with Crippen LogP contribution in [-0.4, -0.2) is 20.6 Å². The van der Waals surface area contributed by atoms with Gasteiger partial charge in [0.25, 0.3) is 11.6 Å². The number of thioether (sulfide) groups is 1. The van der Waals surface area contributed by atoms with Crippen molar-refractivity contribution in [3.63, 3.8) is 0 Å². The van der Waals surface area contributed by atoms with Crippen molar-refractivity contribution in [1.82, 2.24) is 9.78 Å². The van der Waals surface area contributed by atoms with Crippen LogP contribution in [0.4, 0.5) is 11.5 Å². The molecule has 0 unspecified atom stereocenters. The third-order valence-electron chi connectivity index (χ3n) is 4.70. The molecule has 2 heterocycles. The lowest BCUT2D eigenvalue weighted by molar-refractivity contribution is -0.385. The Labute approximate surface area is 165 Å². The lowest BCUT2D eigenvalue weighted by atomic mass is 10.1. The predicted octanol–water partition coefficient (Wildman–Crippen LogP) is 4.40. The third-order valence-corrected chi connectivity index (χ3v) is 5.67. The second-order valence-electron chi connectivity index (χ2n) is 6.73. The zero-order chi connectivity index (χ0) is 19.8. The average Bonchev–Trinajstić information content (AvgIpc) is 3.24. The van der Waals surface area contributed by atoms with Crippen molar-refractivity contribution in [3.8, 4) is 5.69 Å². The summed E-state index contributed by atoms with van der Waals surface area (Å²) < 4.78 is 1.75. The molecule has 0 saturated carbocycles. The highest BCUT2D eigenvalue weighted by atomic mass is 32.2. The lowest BCUT2D eigenvalue weighted by Crippen LogP contribution is -2.16. The number of carbonyl (C=O) groups is 1. The van der Waals surface area contributed by atoms with E-state index in [0.29, 0.717) is 11.4 Å². The van der Waals surface area contributed by atoms with Crippen LogP contribution >= 0.6 is 11.8 Å². The standard InChI is InChI=1S/C20H18N4O3S/c1-12-4-3-5-15(8-12)23-19(16-10-28-11-17(16)22-23)21-20(25)14-7-6-13(2)18(9-14)24(26)27/h3-9H,10-11H2,1-2H3,(H,21,25). The topological polar surface area (TPSA) is 90.1 Å². The van der Waals surface area contributed by atoms with Crippen LogP contribution in [0.2, 0.25) is 0 Å². The summed E-state index contributed by atoms with van der Waals surface area (Å²) in [5.74, 6) is 1.80. The van der Waals surface area contributed by atoms with Crippen molar-refractivity contribution in [2.75, 3.05) is 5.32 Å². The van der Waals surface area contributed by atoms with Gasteiger partial charge in [-0.05, 0) is 37.6 Å². The highest BCUT2D eigenvalue weighted by molar-refractivity contribution is 7.98. The quantitative estimate of drug-likeness (QED) is 0.523. The van der Waals surface area contributed by atoms with E-state index in [1.165, 1.54) is 6.07 Å². The van der Waals surface area contributed by atoms with Crippen molar-refractivity contribution in [3.05, 3.63) is 80.5 Å². The zero-order valence-corrected chi connectivity index (χ0v) is 16.2. The molecule has 28 heavy (non-hydrogen) atoms. The lowest BCUT2D eigenvalue weighted by Gasteiger charge is -2.12. The Balaban J connectivity index is 1.73. The van der Waals surface area contributed by atoms with Crippen LogP contribution in [0, 0.1) is 24.0 Å². The Hall–Kier alpha value is -3.13. The fraction of sp³-hybridized carbons (Fsp3) is 0.200. The van der Waals surface area contributed by atoms with Crippen molar-refractivity contribution < 1.29 is 9.72 Å². The highest BCUT2D eigenvalue weighted by Gasteiger charge is 2.25. The molecule has 8 heteroatoms. The van der Waals surface area contributed by atoms with Crippen molar-refractivity contribution in [2.24, 2.45) is 0 Å². The summed E-state index contributed by atoms with van der Waals surface area (Å²) in [6.45, 7) is 3.65. The predicted molar refractivity (Wildman–Crippen MR) is 109 cm³/mol. The van der Waals surface area contributed by atoms with Crippen LogP contribution < -0.4 is 5.32 Å². The molecular weight excluding hydrogens is 376 g/mol. The van der Waals surface area contributed by atoms with Crippen LogP contribution in [-0.2, 0) is 11.5 Å². The summed E-state index contributed by atoms with van der Waals surface area (Å²) in [5, 5.41) is 18.8. The summed E-state index contributed by atoms with van der Waals surface area (Å²) in [6.07, 6.45) is 0. The molecule has 0 radical (unpaired) electrons. The molecule has 0 aliphatic carbocycles. The molecular formula is C20H18N4O3S. The second-order valence-corrected chi connectivity index (χ2v) is 7.72. The molecule has 7 nitrogen and oxygen atoms in total. The number of aromatic nitrogens is 2. The number of nitrogens with zero attached hydrogens (tertiary/aromatic N) is 3. The van der Waals surface area contributed by atoms with Crippen molar-refractivity contribution in [1.29, 1.82) is 0 Å². The normalized spacial score (nSPS) is 12.6. The minimum absolute atomic E-state index is 0.0689. The summed E-state index contributed by atoms with van der Waals surface area (Å²) in [4.78, 5) is 23.6. The number of fused-ring (bicyclic) bond motifs is 1. The smallest absolute Gasteiger partial charge is 0.273 e. The van der Waals surface area contributed by atoms with Gasteiger partial charge < -0.3 is 5.32 Å². The molecule has 1 aromatic heterocycles. The number of nitrogens with one attached hydrogen (secondary N) is 1. The molecule has 0 bridgehead atoms. The number of hydrogen-bond donors (Lipinski definition) is 1. The van der Waals surface area contributed by atoms with E-state index >= 15 is 0 Å². The van der Waals surface area contributed by atoms with Gasteiger partial charge in [0.1, 0.15) is 5.82 Å². The van der Waals surface area contributed by atoms with E-state index in [1.807, 2.05) is 31.2 Å². The van der Waals surface area contributed by atoms with Gasteiger partial charge in [-0.2, -0.15) is 16.9 Å². The van der Waals surface area contributed by atoms with Crippen molar-refractivity contribution in [2.45, 2.75) is 25.4 Å². The summed E-state index contributed by atoms with van der Waals surface area (Å²) >= 11 is 1.75. The monoisotopic (exact) mass is 394 g/mol. The largest absolute Gasteiger partial charge is 0.306 e. The molecule has 2 aromatic carbocycles. The van der Waals surface area contributed by atoms with Crippen molar-refractivity contribution >= 4 is 29.2 Å². The first-order chi connectivity index (χ1) is 13.4. The van der Waals surface area contributed by atoms with E-state index in [0.717, 1.165) is 34.0 Å². The van der Waals surface area contributed by atoms with E-state index in [-0.39, 0.29) is 11.3 Å². The van der Waals surface area contributed by atoms with Gasteiger partial charge in [-0.1, -0.05) is 18.2 Å². The Kier molecular flexibility index (Phi) is 4.64. The minimum Gasteiger partial charge on any atom is -0.306 e. The zero-order valence-electron chi connectivity index (χ0n) is 15.4. The molecule has 1 N–H and O–H groups in total. The van der Waals surface area contributed by atoms with Gasteiger partial charge in [0, 0.05) is 34.3 Å². The van der Waals surface area contributed by atoms with Crippen LogP contribution in [0.15, 0.2) is 42.5 Å².